The van der Waals surface area contributed by atoms with Crippen LogP contribution in [0.15, 0.2) is 75.0 Å². The fourth-order valence-corrected chi connectivity index (χ4v) is 6.19. The van der Waals surface area contributed by atoms with Crippen molar-refractivity contribution in [3.8, 4) is 11.5 Å². The molecule has 0 unspecified atom stereocenters. The first-order chi connectivity index (χ1) is 17.4. The summed E-state index contributed by atoms with van der Waals surface area (Å²) in [5, 5.41) is 1.85. The van der Waals surface area contributed by atoms with Crippen molar-refractivity contribution in [3.05, 3.63) is 81.8 Å². The largest absolute Gasteiger partial charge is 0.573 e. The summed E-state index contributed by atoms with van der Waals surface area (Å²) in [6.45, 7) is 0. The Hall–Kier alpha value is -2.13. The van der Waals surface area contributed by atoms with E-state index >= 15 is 0 Å². The van der Waals surface area contributed by atoms with Crippen molar-refractivity contribution in [3.63, 3.8) is 0 Å². The van der Waals surface area contributed by atoms with E-state index in [-0.39, 0.29) is 11.5 Å². The van der Waals surface area contributed by atoms with Crippen molar-refractivity contribution in [1.82, 2.24) is 9.97 Å². The molecule has 2 heterocycles. The van der Waals surface area contributed by atoms with E-state index in [2.05, 4.69) is 19.4 Å². The fourth-order valence-electron chi connectivity index (χ4n) is 2.54. The van der Waals surface area contributed by atoms with Gasteiger partial charge < -0.3 is 9.47 Å². The molecular weight excluding hydrogens is 602 g/mol. The second-order valence-electron chi connectivity index (χ2n) is 6.70. The maximum Gasteiger partial charge on any atom is 0.573 e. The lowest BCUT2D eigenvalue weighted by Crippen LogP contribution is -2.17. The standard InChI is InChI=1S/C11H7ClF3NOS2.C11H8F3NOS2/c12-9-5-16-10(19-9)18-6-7-2-1-3-8(4-7)17-11(13,14)15;12-11(13,14)16-9-3-1-2-8(6-9)7-18-10-15-4-5-17-10/h1-5H,6H2;1-6H,7H2. The third-order valence-electron chi connectivity index (χ3n) is 3.85. The highest BCUT2D eigenvalue weighted by molar-refractivity contribution is 8.00. The monoisotopic (exact) mass is 616 g/mol. The zero-order valence-electron chi connectivity index (χ0n) is 18.3. The maximum absolute atomic E-state index is 12.1. The molecule has 0 aliphatic heterocycles. The summed E-state index contributed by atoms with van der Waals surface area (Å²) in [7, 11) is 0. The van der Waals surface area contributed by atoms with E-state index < -0.39 is 12.7 Å². The predicted octanol–water partition coefficient (Wildman–Crippen LogP) is 9.32. The van der Waals surface area contributed by atoms with Crippen molar-refractivity contribution in [2.75, 3.05) is 0 Å². The van der Waals surface area contributed by atoms with Gasteiger partial charge in [0.1, 0.15) is 20.2 Å². The van der Waals surface area contributed by atoms with E-state index in [0.717, 1.165) is 19.8 Å². The van der Waals surface area contributed by atoms with Gasteiger partial charge in [0.05, 0.1) is 6.20 Å². The van der Waals surface area contributed by atoms with Gasteiger partial charge >= 0.3 is 12.7 Å². The Kier molecular flexibility index (Phi) is 10.8. The molecule has 4 aromatic rings. The van der Waals surface area contributed by atoms with Crippen molar-refractivity contribution in [2.24, 2.45) is 0 Å². The first-order valence-corrected chi connectivity index (χ1v) is 14.0. The number of halogens is 7. The van der Waals surface area contributed by atoms with Crippen molar-refractivity contribution in [2.45, 2.75) is 32.9 Å². The van der Waals surface area contributed by atoms with E-state index in [1.54, 1.807) is 24.4 Å². The van der Waals surface area contributed by atoms with Crippen LogP contribution >= 0.6 is 57.8 Å². The Bertz CT molecular complexity index is 1250. The van der Waals surface area contributed by atoms with Gasteiger partial charge in [-0.15, -0.1) is 37.7 Å². The second kappa shape index (κ2) is 13.6. The molecule has 0 N–H and O–H groups in total. The third-order valence-corrected chi connectivity index (χ3v) is 8.23. The SMILES string of the molecule is FC(F)(F)Oc1cccc(CSc2ncc(Cl)s2)c1.FC(F)(F)Oc1cccc(CSc2nccs2)c1. The van der Waals surface area contributed by atoms with Crippen LogP contribution in [0.2, 0.25) is 4.34 Å². The molecule has 0 radical (unpaired) electrons. The van der Waals surface area contributed by atoms with Crippen LogP contribution in [0, 0.1) is 0 Å². The Balaban J connectivity index is 0.000000206. The zero-order valence-corrected chi connectivity index (χ0v) is 22.3. The molecule has 15 heteroatoms. The van der Waals surface area contributed by atoms with Crippen molar-refractivity contribution < 1.29 is 35.8 Å². The number of rotatable bonds is 8. The average Bonchev–Trinajstić information content (AvgIpc) is 3.47. The summed E-state index contributed by atoms with van der Waals surface area (Å²) in [6.07, 6.45) is -6.09. The first kappa shape index (κ1) is 29.4. The number of alkyl halides is 6. The average molecular weight is 617 g/mol. The molecule has 0 saturated carbocycles. The molecule has 2 aromatic heterocycles. The molecule has 0 aliphatic rings. The number of aromatic nitrogens is 2. The number of nitrogens with zero attached hydrogens (tertiary/aromatic N) is 2. The molecule has 4 rings (SSSR count). The zero-order chi connectivity index (χ0) is 26.9. The molecule has 0 aliphatic carbocycles. The number of hydrogen-bond donors (Lipinski definition) is 0. The Labute approximate surface area is 229 Å². The number of ether oxygens (including phenoxy) is 2. The van der Waals surface area contributed by atoms with Crippen molar-refractivity contribution >= 4 is 57.8 Å². The minimum Gasteiger partial charge on any atom is -0.406 e. The van der Waals surface area contributed by atoms with Gasteiger partial charge in [0.2, 0.25) is 0 Å². The molecule has 0 saturated heterocycles. The Morgan fingerprint density at radius 1 is 0.784 bits per heavy atom. The number of thioether (sulfide) groups is 2. The minimum absolute atomic E-state index is 0.195. The first-order valence-electron chi connectivity index (χ1n) is 9.91. The van der Waals surface area contributed by atoms with Crippen LogP contribution in [-0.4, -0.2) is 22.7 Å². The van der Waals surface area contributed by atoms with Gasteiger partial charge in [-0.1, -0.05) is 70.7 Å². The minimum atomic E-state index is -4.67. The normalized spacial score (nSPS) is 11.5. The van der Waals surface area contributed by atoms with Gasteiger partial charge in [0, 0.05) is 23.1 Å². The van der Waals surface area contributed by atoms with Crippen LogP contribution in [0.25, 0.3) is 0 Å². The van der Waals surface area contributed by atoms with Gasteiger partial charge in [0.15, 0.2) is 4.34 Å². The quantitative estimate of drug-likeness (QED) is 0.145. The molecule has 0 bridgehead atoms. The highest BCUT2D eigenvalue weighted by Crippen LogP contribution is 2.31. The second-order valence-corrected chi connectivity index (χ2v) is 11.7. The van der Waals surface area contributed by atoms with Gasteiger partial charge in [0.25, 0.3) is 0 Å². The number of hydrogen-bond acceptors (Lipinski definition) is 8. The molecule has 0 fully saturated rings. The van der Waals surface area contributed by atoms with Crippen LogP contribution in [0.1, 0.15) is 11.1 Å². The Morgan fingerprint density at radius 3 is 1.76 bits per heavy atom. The van der Waals surface area contributed by atoms with Crippen LogP contribution < -0.4 is 9.47 Å². The van der Waals surface area contributed by atoms with Gasteiger partial charge in [-0.05, 0) is 35.4 Å². The smallest absolute Gasteiger partial charge is 0.406 e. The van der Waals surface area contributed by atoms with Gasteiger partial charge in [-0.3, -0.25) is 0 Å². The molecule has 0 atom stereocenters. The highest BCUT2D eigenvalue weighted by atomic mass is 35.5. The van der Waals surface area contributed by atoms with Crippen LogP contribution in [0.4, 0.5) is 26.3 Å². The summed E-state index contributed by atoms with van der Waals surface area (Å²) in [4.78, 5) is 8.13. The molecule has 4 nitrogen and oxygen atoms in total. The summed E-state index contributed by atoms with van der Waals surface area (Å²) in [6, 6.07) is 11.8. The van der Waals surface area contributed by atoms with Crippen LogP contribution in [0.3, 0.4) is 0 Å². The topological polar surface area (TPSA) is 44.2 Å². The van der Waals surface area contributed by atoms with E-state index in [0.29, 0.717) is 15.8 Å². The van der Waals surface area contributed by atoms with E-state index in [4.69, 9.17) is 11.6 Å². The molecule has 0 spiro atoms. The summed E-state index contributed by atoms with van der Waals surface area (Å²) in [5.41, 5.74) is 1.48. The van der Waals surface area contributed by atoms with E-state index in [1.165, 1.54) is 82.7 Å². The molecular formula is C22H15ClF6N2O2S4. The highest BCUT2D eigenvalue weighted by Gasteiger charge is 2.31. The predicted molar refractivity (Wildman–Crippen MR) is 135 cm³/mol. The summed E-state index contributed by atoms with van der Waals surface area (Å²) < 4.78 is 82.3. The van der Waals surface area contributed by atoms with Gasteiger partial charge in [-0.2, -0.15) is 0 Å². The summed E-state index contributed by atoms with van der Waals surface area (Å²) >= 11 is 11.4. The summed E-state index contributed by atoms with van der Waals surface area (Å²) in [5.74, 6) is 0.643. The lowest BCUT2D eigenvalue weighted by molar-refractivity contribution is -0.275. The fraction of sp³-hybridized carbons (Fsp3) is 0.182. The van der Waals surface area contributed by atoms with Crippen molar-refractivity contribution in [1.29, 1.82) is 0 Å². The van der Waals surface area contributed by atoms with Crippen LogP contribution in [-0.2, 0) is 11.5 Å². The lowest BCUT2D eigenvalue weighted by Gasteiger charge is -2.09. The lowest BCUT2D eigenvalue weighted by atomic mass is 10.2. The third kappa shape index (κ3) is 11.9. The van der Waals surface area contributed by atoms with Gasteiger partial charge in [-0.25, -0.2) is 9.97 Å². The molecule has 37 heavy (non-hydrogen) atoms. The molecule has 198 valence electrons. The number of thiazole rings is 2. The van der Waals surface area contributed by atoms with Crippen LogP contribution in [0.5, 0.6) is 11.5 Å². The Morgan fingerprint density at radius 2 is 1.32 bits per heavy atom. The molecule has 2 aromatic carbocycles. The van der Waals surface area contributed by atoms with E-state index in [9.17, 15) is 26.3 Å². The van der Waals surface area contributed by atoms with E-state index in [1.807, 2.05) is 5.38 Å². The maximum atomic E-state index is 12.1. The molecule has 0 amide bonds. The number of benzene rings is 2.